The smallest absolute Gasteiger partial charge is 0.257 e. The van der Waals surface area contributed by atoms with Crippen molar-refractivity contribution in [1.29, 1.82) is 0 Å². The molecular weight excluding hydrogens is 278 g/mol. The first-order valence-corrected chi connectivity index (χ1v) is 5.69. The molecule has 0 atom stereocenters. The second-order valence-corrected chi connectivity index (χ2v) is 4.31. The monoisotopic (exact) mass is 284 g/mol. The number of carbonyl (C=O) groups is 1. The van der Waals surface area contributed by atoms with Crippen molar-refractivity contribution in [2.24, 2.45) is 0 Å². The third-order valence-electron chi connectivity index (χ3n) is 2.14. The average molecular weight is 285 g/mol. The van der Waals surface area contributed by atoms with Gasteiger partial charge >= 0.3 is 0 Å². The fourth-order valence-corrected chi connectivity index (χ4v) is 1.85. The van der Waals surface area contributed by atoms with Crippen LogP contribution in [0, 0.1) is 5.82 Å². The summed E-state index contributed by atoms with van der Waals surface area (Å²) in [6.07, 6.45) is 2.38. The van der Waals surface area contributed by atoms with Crippen LogP contribution in [-0.4, -0.2) is 10.9 Å². The molecule has 0 bridgehead atoms. The highest BCUT2D eigenvalue weighted by Gasteiger charge is 2.11. The maximum absolute atomic E-state index is 12.9. The molecule has 0 aliphatic carbocycles. The van der Waals surface area contributed by atoms with Gasteiger partial charge in [0.1, 0.15) is 5.82 Å². The number of benzene rings is 1. The maximum atomic E-state index is 12.9. The lowest BCUT2D eigenvalue weighted by molar-refractivity contribution is 0.102. The lowest BCUT2D eigenvalue weighted by Crippen LogP contribution is -2.12. The predicted molar refractivity (Wildman–Crippen MR) is 68.6 cm³/mol. The number of nitrogens with zero attached hydrogens (tertiary/aromatic N) is 1. The summed E-state index contributed by atoms with van der Waals surface area (Å²) >= 11 is 11.6. The number of pyridine rings is 1. The molecule has 1 N–H and O–H groups in total. The Morgan fingerprint density at radius 3 is 2.67 bits per heavy atom. The average Bonchev–Trinajstić information content (AvgIpc) is 2.28. The van der Waals surface area contributed by atoms with E-state index in [2.05, 4.69) is 10.3 Å². The highest BCUT2D eigenvalue weighted by Crippen LogP contribution is 2.22. The fraction of sp³-hybridized carbons (Fsp3) is 0. The number of amides is 1. The Bertz CT molecular complexity index is 604. The topological polar surface area (TPSA) is 42.0 Å². The zero-order valence-electron chi connectivity index (χ0n) is 8.95. The largest absolute Gasteiger partial charge is 0.320 e. The molecule has 0 fully saturated rings. The van der Waals surface area contributed by atoms with Crippen LogP contribution < -0.4 is 5.32 Å². The van der Waals surface area contributed by atoms with Gasteiger partial charge in [-0.05, 0) is 18.2 Å². The maximum Gasteiger partial charge on any atom is 0.257 e. The van der Waals surface area contributed by atoms with Crippen LogP contribution in [-0.2, 0) is 0 Å². The van der Waals surface area contributed by atoms with E-state index in [1.165, 1.54) is 18.3 Å². The van der Waals surface area contributed by atoms with E-state index in [0.717, 1.165) is 12.3 Å². The number of hydrogen-bond donors (Lipinski definition) is 1. The number of rotatable bonds is 2. The first-order valence-electron chi connectivity index (χ1n) is 4.93. The Morgan fingerprint density at radius 1 is 1.22 bits per heavy atom. The van der Waals surface area contributed by atoms with Crippen LogP contribution in [0.1, 0.15) is 10.4 Å². The van der Waals surface area contributed by atoms with Gasteiger partial charge in [-0.15, -0.1) is 0 Å². The number of halogens is 3. The number of nitrogens with one attached hydrogen (secondary N) is 1. The second-order valence-electron chi connectivity index (χ2n) is 3.47. The lowest BCUT2D eigenvalue weighted by Gasteiger charge is -2.06. The van der Waals surface area contributed by atoms with Crippen LogP contribution in [0.2, 0.25) is 10.0 Å². The van der Waals surface area contributed by atoms with Crippen LogP contribution in [0.15, 0.2) is 36.7 Å². The molecule has 0 aliphatic rings. The van der Waals surface area contributed by atoms with Crippen LogP contribution in [0.3, 0.4) is 0 Å². The molecule has 2 aromatic rings. The first kappa shape index (κ1) is 12.8. The molecule has 0 saturated carbocycles. The standard InChI is InChI=1S/C12H7Cl2FN2O/c13-7-1-2-10(11(14)3-7)12(18)17-9-4-8(15)5-16-6-9/h1-6H,(H,17,18). The van der Waals surface area contributed by atoms with Crippen LogP contribution in [0.4, 0.5) is 10.1 Å². The fourth-order valence-electron chi connectivity index (χ4n) is 1.35. The van der Waals surface area contributed by atoms with Crippen molar-refractivity contribution in [3.8, 4) is 0 Å². The third kappa shape index (κ3) is 2.97. The third-order valence-corrected chi connectivity index (χ3v) is 2.69. The van der Waals surface area contributed by atoms with Crippen LogP contribution >= 0.6 is 23.2 Å². The van der Waals surface area contributed by atoms with Crippen molar-refractivity contribution in [2.45, 2.75) is 0 Å². The van der Waals surface area contributed by atoms with Gasteiger partial charge in [-0.2, -0.15) is 0 Å². The molecule has 0 saturated heterocycles. The van der Waals surface area contributed by atoms with Crippen LogP contribution in [0.25, 0.3) is 0 Å². The molecule has 6 heteroatoms. The van der Waals surface area contributed by atoms with Gasteiger partial charge in [0.2, 0.25) is 0 Å². The van der Waals surface area contributed by atoms with Gasteiger partial charge < -0.3 is 5.32 Å². The minimum absolute atomic E-state index is 0.226. The number of carbonyl (C=O) groups excluding carboxylic acids is 1. The van der Waals surface area contributed by atoms with E-state index in [-0.39, 0.29) is 16.3 Å². The highest BCUT2D eigenvalue weighted by molar-refractivity contribution is 6.37. The Kier molecular flexibility index (Phi) is 3.79. The van der Waals surface area contributed by atoms with E-state index in [9.17, 15) is 9.18 Å². The molecule has 18 heavy (non-hydrogen) atoms. The number of anilines is 1. The Labute approximate surface area is 113 Å². The van der Waals surface area contributed by atoms with Crippen molar-refractivity contribution >= 4 is 34.8 Å². The van der Waals surface area contributed by atoms with E-state index in [1.807, 2.05) is 0 Å². The van der Waals surface area contributed by atoms with E-state index in [1.54, 1.807) is 6.07 Å². The van der Waals surface area contributed by atoms with Gasteiger partial charge in [0.15, 0.2) is 0 Å². The lowest BCUT2D eigenvalue weighted by atomic mass is 10.2. The van der Waals surface area contributed by atoms with Crippen molar-refractivity contribution in [2.75, 3.05) is 5.32 Å². The quantitative estimate of drug-likeness (QED) is 0.912. The van der Waals surface area contributed by atoms with Crippen molar-refractivity contribution in [3.63, 3.8) is 0 Å². The first-order chi connectivity index (χ1) is 8.56. The van der Waals surface area contributed by atoms with Crippen LogP contribution in [0.5, 0.6) is 0 Å². The molecular formula is C12H7Cl2FN2O. The van der Waals surface area contributed by atoms with E-state index in [4.69, 9.17) is 23.2 Å². The number of hydrogen-bond acceptors (Lipinski definition) is 2. The summed E-state index contributed by atoms with van der Waals surface area (Å²) in [5.74, 6) is -0.987. The zero-order chi connectivity index (χ0) is 13.1. The Balaban J connectivity index is 2.22. The summed E-state index contributed by atoms with van der Waals surface area (Å²) in [5, 5.41) is 3.15. The molecule has 0 radical (unpaired) electrons. The van der Waals surface area contributed by atoms with Crippen molar-refractivity contribution < 1.29 is 9.18 Å². The van der Waals surface area contributed by atoms with Gasteiger partial charge in [0.25, 0.3) is 5.91 Å². The molecule has 1 aromatic heterocycles. The van der Waals surface area contributed by atoms with Crippen molar-refractivity contribution in [3.05, 3.63) is 58.1 Å². The minimum Gasteiger partial charge on any atom is -0.320 e. The molecule has 2 rings (SSSR count). The molecule has 0 unspecified atom stereocenters. The number of aromatic nitrogens is 1. The van der Waals surface area contributed by atoms with Gasteiger partial charge in [0.05, 0.1) is 28.7 Å². The summed E-state index contributed by atoms with van der Waals surface area (Å²) in [6, 6.07) is 5.66. The summed E-state index contributed by atoms with van der Waals surface area (Å²) in [5.41, 5.74) is 0.511. The summed E-state index contributed by atoms with van der Waals surface area (Å²) in [6.45, 7) is 0. The molecule has 1 aromatic carbocycles. The zero-order valence-corrected chi connectivity index (χ0v) is 10.5. The van der Waals surface area contributed by atoms with Gasteiger partial charge in [-0.1, -0.05) is 23.2 Å². The van der Waals surface area contributed by atoms with Gasteiger partial charge in [-0.25, -0.2) is 4.39 Å². The van der Waals surface area contributed by atoms with Crippen molar-refractivity contribution in [1.82, 2.24) is 4.98 Å². The summed E-state index contributed by atoms with van der Waals surface area (Å²) < 4.78 is 12.9. The summed E-state index contributed by atoms with van der Waals surface area (Å²) in [7, 11) is 0. The Hall–Kier alpha value is -1.65. The Morgan fingerprint density at radius 2 is 2.00 bits per heavy atom. The molecule has 0 spiro atoms. The molecule has 92 valence electrons. The second kappa shape index (κ2) is 5.33. The van der Waals surface area contributed by atoms with Gasteiger partial charge in [0, 0.05) is 11.1 Å². The normalized spacial score (nSPS) is 10.2. The van der Waals surface area contributed by atoms with E-state index >= 15 is 0 Å². The predicted octanol–water partition coefficient (Wildman–Crippen LogP) is 3.78. The molecule has 1 amide bonds. The van der Waals surface area contributed by atoms with Gasteiger partial charge in [-0.3, -0.25) is 9.78 Å². The molecule has 3 nitrogen and oxygen atoms in total. The SMILES string of the molecule is O=C(Nc1cncc(F)c1)c1ccc(Cl)cc1Cl. The highest BCUT2D eigenvalue weighted by atomic mass is 35.5. The molecule has 0 aliphatic heterocycles. The minimum atomic E-state index is -0.532. The van der Waals surface area contributed by atoms with E-state index < -0.39 is 11.7 Å². The van der Waals surface area contributed by atoms with E-state index in [0.29, 0.717) is 5.02 Å². The summed E-state index contributed by atoms with van der Waals surface area (Å²) in [4.78, 5) is 15.5. The molecule has 1 heterocycles.